The predicted molar refractivity (Wildman–Crippen MR) is 138 cm³/mol. The van der Waals surface area contributed by atoms with E-state index in [2.05, 4.69) is 34.7 Å². The number of anilines is 1. The third-order valence-corrected chi connectivity index (χ3v) is 8.24. The Kier molecular flexibility index (Phi) is 6.98. The maximum absolute atomic E-state index is 13.1. The number of nitrogens with one attached hydrogen (secondary N) is 1. The molecule has 174 valence electrons. The Bertz CT molecular complexity index is 1090. The molecule has 5 rings (SSSR count). The number of carbonyl (C=O) groups excluding carboxylic acids is 1. The average Bonchev–Trinajstić information content (AvgIpc) is 3.14. The fourth-order valence-electron chi connectivity index (χ4n) is 5.49. The van der Waals surface area contributed by atoms with E-state index in [0.29, 0.717) is 23.8 Å². The maximum Gasteiger partial charge on any atom is 0.259 e. The number of carbonyl (C=O) groups is 1. The molecule has 2 aliphatic rings. The Morgan fingerprint density at radius 3 is 2.91 bits per heavy atom. The average molecular weight is 463 g/mol. The molecule has 3 heterocycles. The molecule has 0 bridgehead atoms. The number of hydrogen-bond acceptors (Lipinski definition) is 4. The van der Waals surface area contributed by atoms with Crippen molar-refractivity contribution in [2.24, 2.45) is 0 Å². The van der Waals surface area contributed by atoms with Crippen LogP contribution in [0.1, 0.15) is 73.7 Å². The molecular weight excluding hydrogens is 428 g/mol. The van der Waals surface area contributed by atoms with Crippen molar-refractivity contribution in [1.82, 2.24) is 4.90 Å². The van der Waals surface area contributed by atoms with Crippen LogP contribution < -0.4 is 10.1 Å². The van der Waals surface area contributed by atoms with Gasteiger partial charge in [-0.1, -0.05) is 25.5 Å². The Morgan fingerprint density at radius 1 is 1.09 bits per heavy atom. The lowest BCUT2D eigenvalue weighted by atomic mass is 9.90. The van der Waals surface area contributed by atoms with Crippen LogP contribution >= 0.6 is 11.3 Å². The minimum Gasteiger partial charge on any atom is -0.493 e. The first-order valence-corrected chi connectivity index (χ1v) is 13.4. The van der Waals surface area contributed by atoms with E-state index in [-0.39, 0.29) is 5.91 Å². The molecule has 2 aromatic carbocycles. The fourth-order valence-corrected chi connectivity index (χ4v) is 6.51. The number of amides is 1. The van der Waals surface area contributed by atoms with E-state index in [1.807, 2.05) is 41.7 Å². The van der Waals surface area contributed by atoms with Crippen LogP contribution in [0.15, 0.2) is 47.8 Å². The first-order chi connectivity index (χ1) is 16.2. The van der Waals surface area contributed by atoms with Gasteiger partial charge in [-0.2, -0.15) is 0 Å². The normalized spacial score (nSPS) is 21.4. The molecule has 33 heavy (non-hydrogen) atoms. The van der Waals surface area contributed by atoms with Gasteiger partial charge in [-0.05, 0) is 104 Å². The van der Waals surface area contributed by atoms with Crippen LogP contribution in [0.3, 0.4) is 0 Å². The van der Waals surface area contributed by atoms with E-state index in [9.17, 15) is 4.79 Å². The highest BCUT2D eigenvalue weighted by Crippen LogP contribution is 2.40. The van der Waals surface area contributed by atoms with Gasteiger partial charge in [0.15, 0.2) is 0 Å². The second-order valence-electron chi connectivity index (χ2n) is 9.45. The highest BCUT2D eigenvalue weighted by atomic mass is 32.1. The van der Waals surface area contributed by atoms with Crippen LogP contribution in [0.25, 0.3) is 10.1 Å². The standard InChI is InChI=1S/C28H34N2O2S/c1-2-17-32-26-9-4-3-8-23(26)28(31)29-21-11-13-27-24(18-21)25(19-33-27)20-10-12-22-7-5-6-15-30(22)16-14-20/h3-4,8-9,11,13,18-20,22H,2,5-7,10,12,14-17H2,1H3,(H,29,31). The van der Waals surface area contributed by atoms with E-state index in [1.54, 1.807) is 0 Å². The summed E-state index contributed by atoms with van der Waals surface area (Å²) in [7, 11) is 0. The molecular formula is C28H34N2O2S. The Hall–Kier alpha value is -2.37. The van der Waals surface area contributed by atoms with Gasteiger partial charge < -0.3 is 15.0 Å². The minimum absolute atomic E-state index is 0.121. The number of para-hydroxylation sites is 1. The lowest BCUT2D eigenvalue weighted by Crippen LogP contribution is -2.38. The van der Waals surface area contributed by atoms with Crippen molar-refractivity contribution >= 4 is 33.0 Å². The summed E-state index contributed by atoms with van der Waals surface area (Å²) in [6.07, 6.45) is 8.85. The predicted octanol–water partition coefficient (Wildman–Crippen LogP) is 7.06. The van der Waals surface area contributed by atoms with Gasteiger partial charge in [0.2, 0.25) is 0 Å². The first-order valence-electron chi connectivity index (χ1n) is 12.5. The van der Waals surface area contributed by atoms with Gasteiger partial charge in [0.05, 0.1) is 12.2 Å². The topological polar surface area (TPSA) is 41.6 Å². The quantitative estimate of drug-likeness (QED) is 0.426. The molecule has 3 aromatic rings. The Balaban J connectivity index is 1.35. The fraction of sp³-hybridized carbons (Fsp3) is 0.464. The van der Waals surface area contributed by atoms with Gasteiger partial charge in [-0.15, -0.1) is 11.3 Å². The van der Waals surface area contributed by atoms with Crippen LogP contribution in [0.5, 0.6) is 5.75 Å². The molecule has 1 amide bonds. The zero-order valence-corrected chi connectivity index (χ0v) is 20.3. The van der Waals surface area contributed by atoms with Gasteiger partial charge in [0.1, 0.15) is 5.75 Å². The van der Waals surface area contributed by atoms with Gasteiger partial charge in [0.25, 0.3) is 5.91 Å². The van der Waals surface area contributed by atoms with Crippen molar-refractivity contribution in [3.05, 3.63) is 59.0 Å². The van der Waals surface area contributed by atoms with E-state index >= 15 is 0 Å². The summed E-state index contributed by atoms with van der Waals surface area (Å²) >= 11 is 1.83. The zero-order chi connectivity index (χ0) is 22.6. The van der Waals surface area contributed by atoms with Crippen molar-refractivity contribution in [3.63, 3.8) is 0 Å². The van der Waals surface area contributed by atoms with E-state index in [1.165, 1.54) is 67.3 Å². The number of thiophene rings is 1. The summed E-state index contributed by atoms with van der Waals surface area (Å²) in [5.41, 5.74) is 2.90. The summed E-state index contributed by atoms with van der Waals surface area (Å²) in [6.45, 7) is 5.17. The van der Waals surface area contributed by atoms with Gasteiger partial charge >= 0.3 is 0 Å². The summed E-state index contributed by atoms with van der Waals surface area (Å²) in [6, 6.07) is 14.6. The van der Waals surface area contributed by atoms with Gasteiger partial charge in [-0.25, -0.2) is 0 Å². The number of nitrogens with zero attached hydrogens (tertiary/aromatic N) is 1. The highest BCUT2D eigenvalue weighted by molar-refractivity contribution is 7.17. The van der Waals surface area contributed by atoms with Gasteiger partial charge in [0, 0.05) is 16.4 Å². The Morgan fingerprint density at radius 2 is 2.00 bits per heavy atom. The third kappa shape index (κ3) is 4.95. The molecule has 5 heteroatoms. The number of hydrogen-bond donors (Lipinski definition) is 1. The largest absolute Gasteiger partial charge is 0.493 e. The van der Waals surface area contributed by atoms with Gasteiger partial charge in [-0.3, -0.25) is 4.79 Å². The van der Waals surface area contributed by atoms with Crippen LogP contribution in [0, 0.1) is 0 Å². The molecule has 2 aliphatic heterocycles. The number of ether oxygens (including phenoxy) is 1. The van der Waals surface area contributed by atoms with Crippen LogP contribution in [0.2, 0.25) is 0 Å². The first kappa shape index (κ1) is 22.4. The summed E-state index contributed by atoms with van der Waals surface area (Å²) in [4.78, 5) is 15.8. The number of piperidine rings is 1. The SMILES string of the molecule is CCCOc1ccccc1C(=O)Nc1ccc2scc(C3CCC4CCCCN4CC3)c2c1. The molecule has 1 N–H and O–H groups in total. The molecule has 2 unspecified atom stereocenters. The molecule has 0 spiro atoms. The second kappa shape index (κ2) is 10.3. The van der Waals surface area contributed by atoms with E-state index < -0.39 is 0 Å². The van der Waals surface area contributed by atoms with Crippen molar-refractivity contribution in [2.75, 3.05) is 25.0 Å². The number of fused-ring (bicyclic) bond motifs is 2. The summed E-state index contributed by atoms with van der Waals surface area (Å²) in [5, 5.41) is 6.78. The van der Waals surface area contributed by atoms with Crippen LogP contribution in [0.4, 0.5) is 5.69 Å². The summed E-state index contributed by atoms with van der Waals surface area (Å²) in [5.74, 6) is 1.13. The molecule has 0 aliphatic carbocycles. The van der Waals surface area contributed by atoms with Crippen molar-refractivity contribution < 1.29 is 9.53 Å². The lowest BCUT2D eigenvalue weighted by molar-refractivity contribution is 0.102. The maximum atomic E-state index is 13.1. The molecule has 1 aromatic heterocycles. The molecule has 4 nitrogen and oxygen atoms in total. The van der Waals surface area contributed by atoms with Crippen molar-refractivity contribution in [1.29, 1.82) is 0 Å². The highest BCUT2D eigenvalue weighted by Gasteiger charge is 2.28. The van der Waals surface area contributed by atoms with E-state index in [4.69, 9.17) is 4.74 Å². The van der Waals surface area contributed by atoms with E-state index in [0.717, 1.165) is 18.2 Å². The molecule has 2 saturated heterocycles. The van der Waals surface area contributed by atoms with Crippen molar-refractivity contribution in [3.8, 4) is 5.75 Å². The molecule has 0 saturated carbocycles. The second-order valence-corrected chi connectivity index (χ2v) is 10.4. The molecule has 2 atom stereocenters. The monoisotopic (exact) mass is 462 g/mol. The van der Waals surface area contributed by atoms with Crippen LogP contribution in [-0.2, 0) is 0 Å². The third-order valence-electron chi connectivity index (χ3n) is 7.26. The summed E-state index contributed by atoms with van der Waals surface area (Å²) < 4.78 is 7.09. The van der Waals surface area contributed by atoms with Crippen LogP contribution in [-0.4, -0.2) is 36.5 Å². The zero-order valence-electron chi connectivity index (χ0n) is 19.5. The lowest BCUT2D eigenvalue weighted by Gasteiger charge is -2.33. The molecule has 2 fully saturated rings. The Labute approximate surface area is 200 Å². The minimum atomic E-state index is -0.121. The molecule has 0 radical (unpaired) electrons. The number of rotatable bonds is 6. The van der Waals surface area contributed by atoms with Crippen molar-refractivity contribution in [2.45, 2.75) is 63.8 Å². The number of benzene rings is 2. The smallest absolute Gasteiger partial charge is 0.259 e.